The molecule has 1 atom stereocenters. The number of hydrogen-bond acceptors (Lipinski definition) is 6. The van der Waals surface area contributed by atoms with E-state index in [9.17, 15) is 13.2 Å². The average molecular weight is 548 g/mol. The lowest BCUT2D eigenvalue weighted by Crippen LogP contribution is -2.50. The second-order valence-corrected chi connectivity index (χ2v) is 11.1. The zero-order valence-electron chi connectivity index (χ0n) is 19.4. The van der Waals surface area contributed by atoms with E-state index >= 15 is 0 Å². The maximum Gasteiger partial charge on any atom is 0.253 e. The molecule has 0 bridgehead atoms. The summed E-state index contributed by atoms with van der Waals surface area (Å²) >= 11 is 6.03. The van der Waals surface area contributed by atoms with Gasteiger partial charge >= 0.3 is 0 Å². The maximum atomic E-state index is 13.2. The summed E-state index contributed by atoms with van der Waals surface area (Å²) in [6, 6.07) is 18.0. The Morgan fingerprint density at radius 1 is 0.972 bits per heavy atom. The van der Waals surface area contributed by atoms with Crippen LogP contribution < -0.4 is 11.1 Å². The van der Waals surface area contributed by atoms with Gasteiger partial charge in [-0.15, -0.1) is 12.4 Å². The van der Waals surface area contributed by atoms with E-state index in [-0.39, 0.29) is 42.3 Å². The number of nitrogens with two attached hydrogens (primary N) is 1. The fourth-order valence-corrected chi connectivity index (χ4v) is 6.18. The van der Waals surface area contributed by atoms with Crippen molar-refractivity contribution in [2.45, 2.75) is 17.4 Å². The van der Waals surface area contributed by atoms with Crippen LogP contribution in [-0.2, 0) is 10.0 Å². The third kappa shape index (κ3) is 5.29. The number of halogens is 2. The van der Waals surface area contributed by atoms with Crippen molar-refractivity contribution >= 4 is 56.7 Å². The molecule has 2 heterocycles. The Kier molecular flexibility index (Phi) is 7.75. The summed E-state index contributed by atoms with van der Waals surface area (Å²) in [5.41, 5.74) is 7.40. The standard InChI is InChI=1S/C25H26ClN5O3S.ClH/c26-21-7-5-20-16-22(8-6-19(20)15-21)35(33,34)31-13-11-30(12-14-31)24(32)18-3-1-17(2-4-18)23-9-10-28-25(27)29-23;/h1-8,15-16,23H,9-14H2,(H3,27,28,29);1H. The lowest BCUT2D eigenvalue weighted by molar-refractivity contribution is 0.0698. The fraction of sp³-hybridized carbons (Fsp3) is 0.280. The minimum atomic E-state index is -3.66. The van der Waals surface area contributed by atoms with E-state index in [1.54, 1.807) is 35.2 Å². The number of fused-ring (bicyclic) bond motifs is 1. The van der Waals surface area contributed by atoms with Crippen molar-refractivity contribution in [3.05, 3.63) is 76.8 Å². The summed E-state index contributed by atoms with van der Waals surface area (Å²) in [7, 11) is -3.66. The highest BCUT2D eigenvalue weighted by Crippen LogP contribution is 2.26. The van der Waals surface area contributed by atoms with E-state index in [4.69, 9.17) is 17.3 Å². The van der Waals surface area contributed by atoms with Gasteiger partial charge in [-0.3, -0.25) is 9.79 Å². The van der Waals surface area contributed by atoms with Crippen molar-refractivity contribution in [3.63, 3.8) is 0 Å². The minimum Gasteiger partial charge on any atom is -0.370 e. The number of sulfonamides is 1. The third-order valence-electron chi connectivity index (χ3n) is 6.52. The first-order valence-corrected chi connectivity index (χ1v) is 13.3. The lowest BCUT2D eigenvalue weighted by Gasteiger charge is -2.34. The Bertz CT molecular complexity index is 1400. The van der Waals surface area contributed by atoms with Gasteiger partial charge in [-0.1, -0.05) is 35.9 Å². The Morgan fingerprint density at radius 3 is 2.33 bits per heavy atom. The molecule has 1 saturated heterocycles. The van der Waals surface area contributed by atoms with Crippen LogP contribution in [0.5, 0.6) is 0 Å². The molecule has 1 fully saturated rings. The second kappa shape index (κ2) is 10.6. The van der Waals surface area contributed by atoms with Gasteiger partial charge in [-0.25, -0.2) is 8.42 Å². The van der Waals surface area contributed by atoms with Crippen LogP contribution in [0.3, 0.4) is 0 Å². The minimum absolute atomic E-state index is 0. The molecule has 2 aliphatic heterocycles. The quantitative estimate of drug-likeness (QED) is 0.520. The van der Waals surface area contributed by atoms with Crippen molar-refractivity contribution in [3.8, 4) is 0 Å². The van der Waals surface area contributed by atoms with Gasteiger partial charge in [0.05, 0.1) is 10.9 Å². The van der Waals surface area contributed by atoms with Crippen molar-refractivity contribution in [2.75, 3.05) is 32.7 Å². The van der Waals surface area contributed by atoms with Crippen LogP contribution >= 0.6 is 24.0 Å². The summed E-state index contributed by atoms with van der Waals surface area (Å²) in [6.07, 6.45) is 0.843. The van der Waals surface area contributed by atoms with Crippen LogP contribution in [0.2, 0.25) is 5.02 Å². The lowest BCUT2D eigenvalue weighted by atomic mass is 10.0. The first-order chi connectivity index (χ1) is 16.8. The van der Waals surface area contributed by atoms with Gasteiger partial charge in [0.15, 0.2) is 5.96 Å². The molecule has 0 saturated carbocycles. The van der Waals surface area contributed by atoms with E-state index in [2.05, 4.69) is 10.3 Å². The van der Waals surface area contributed by atoms with Gasteiger partial charge in [0.1, 0.15) is 0 Å². The smallest absolute Gasteiger partial charge is 0.253 e. The predicted octanol–water partition coefficient (Wildman–Crippen LogP) is 3.41. The van der Waals surface area contributed by atoms with Gasteiger partial charge in [0, 0.05) is 43.3 Å². The average Bonchev–Trinajstić information content (AvgIpc) is 2.88. The number of hydrogen-bond donors (Lipinski definition) is 2. The molecule has 3 aromatic carbocycles. The van der Waals surface area contributed by atoms with Crippen molar-refractivity contribution in [1.82, 2.24) is 14.5 Å². The van der Waals surface area contributed by atoms with Crippen LogP contribution in [0.15, 0.2) is 70.6 Å². The van der Waals surface area contributed by atoms with Gasteiger partial charge in [-0.05, 0) is 59.2 Å². The van der Waals surface area contributed by atoms with Crippen LogP contribution in [0.25, 0.3) is 10.8 Å². The van der Waals surface area contributed by atoms with Crippen LogP contribution in [-0.4, -0.2) is 62.2 Å². The van der Waals surface area contributed by atoms with Crippen LogP contribution in [0, 0.1) is 0 Å². The fourth-order valence-electron chi connectivity index (χ4n) is 4.54. The molecule has 8 nitrogen and oxygen atoms in total. The highest BCUT2D eigenvalue weighted by Gasteiger charge is 2.30. The number of carbonyl (C=O) groups is 1. The predicted molar refractivity (Wildman–Crippen MR) is 144 cm³/mol. The molecule has 1 amide bonds. The normalized spacial score (nSPS) is 18.8. The number of nitrogens with one attached hydrogen (secondary N) is 1. The molecule has 11 heteroatoms. The molecule has 0 radical (unpaired) electrons. The Hall–Kier alpha value is -2.85. The van der Waals surface area contributed by atoms with E-state index in [0.717, 1.165) is 22.8 Å². The molecule has 5 rings (SSSR count). The van der Waals surface area contributed by atoms with Crippen molar-refractivity contribution < 1.29 is 13.2 Å². The Morgan fingerprint density at radius 2 is 1.64 bits per heavy atom. The molecule has 190 valence electrons. The van der Waals surface area contributed by atoms with Crippen LogP contribution in [0.4, 0.5) is 0 Å². The number of carbonyl (C=O) groups excluding carboxylic acids is 1. The van der Waals surface area contributed by atoms with E-state index in [1.807, 2.05) is 30.3 Å². The van der Waals surface area contributed by atoms with Gasteiger partial charge < -0.3 is 16.0 Å². The number of amides is 1. The first-order valence-electron chi connectivity index (χ1n) is 11.5. The van der Waals surface area contributed by atoms with Crippen molar-refractivity contribution in [2.24, 2.45) is 10.7 Å². The maximum absolute atomic E-state index is 13.2. The summed E-state index contributed by atoms with van der Waals surface area (Å²) in [4.78, 5) is 19.1. The number of rotatable bonds is 4. The molecule has 2 aliphatic rings. The number of benzene rings is 3. The molecule has 0 aromatic heterocycles. The number of aliphatic imine (C=N–C) groups is 1. The first kappa shape index (κ1) is 26.2. The second-order valence-electron chi connectivity index (χ2n) is 8.72. The van der Waals surface area contributed by atoms with Crippen molar-refractivity contribution in [1.29, 1.82) is 0 Å². The largest absolute Gasteiger partial charge is 0.370 e. The molecule has 0 aliphatic carbocycles. The molecule has 3 aromatic rings. The van der Waals surface area contributed by atoms with Crippen LogP contribution in [0.1, 0.15) is 28.4 Å². The summed E-state index contributed by atoms with van der Waals surface area (Å²) < 4.78 is 27.9. The van der Waals surface area contributed by atoms with E-state index in [1.165, 1.54) is 4.31 Å². The molecule has 0 spiro atoms. The van der Waals surface area contributed by atoms with Gasteiger partial charge in [-0.2, -0.15) is 4.31 Å². The van der Waals surface area contributed by atoms with Gasteiger partial charge in [0.25, 0.3) is 5.91 Å². The third-order valence-corrected chi connectivity index (χ3v) is 8.65. The van der Waals surface area contributed by atoms with Gasteiger partial charge in [0.2, 0.25) is 10.0 Å². The monoisotopic (exact) mass is 547 g/mol. The summed E-state index contributed by atoms with van der Waals surface area (Å²) in [5.74, 6) is 0.330. The number of piperazine rings is 1. The topological polar surface area (TPSA) is 108 Å². The molecular weight excluding hydrogens is 521 g/mol. The zero-order valence-corrected chi connectivity index (χ0v) is 21.8. The van der Waals surface area contributed by atoms with E-state index in [0.29, 0.717) is 36.2 Å². The summed E-state index contributed by atoms with van der Waals surface area (Å²) in [5, 5.41) is 5.45. The Labute approximate surface area is 221 Å². The number of nitrogens with zero attached hydrogens (tertiary/aromatic N) is 3. The summed E-state index contributed by atoms with van der Waals surface area (Å²) in [6.45, 7) is 1.83. The highest BCUT2D eigenvalue weighted by atomic mass is 35.5. The Balaban J connectivity index is 0.00000304. The molecule has 36 heavy (non-hydrogen) atoms. The molecular formula is C25H27Cl2N5O3S. The number of guanidine groups is 1. The van der Waals surface area contributed by atoms with E-state index < -0.39 is 10.0 Å². The molecule has 3 N–H and O–H groups in total. The SMILES string of the molecule is Cl.NC1=NCCC(c2ccc(C(=O)N3CCN(S(=O)(=O)c4ccc5cc(Cl)ccc5c4)CC3)cc2)N1. The molecule has 1 unspecified atom stereocenters. The zero-order chi connectivity index (χ0) is 24.6. The highest BCUT2D eigenvalue weighted by molar-refractivity contribution is 7.89.